The smallest absolute Gasteiger partial charge is 0.129 e. The van der Waals surface area contributed by atoms with E-state index in [4.69, 9.17) is 5.73 Å². The van der Waals surface area contributed by atoms with Gasteiger partial charge in [-0.15, -0.1) is 0 Å². The summed E-state index contributed by atoms with van der Waals surface area (Å²) in [5, 5.41) is 13.0. The molecule has 0 heterocycles. The zero-order valence-corrected chi connectivity index (χ0v) is 10.7. The average Bonchev–Trinajstić information content (AvgIpc) is 2.28. The Bertz CT molecular complexity index is 349. The fraction of sp³-hybridized carbons (Fsp3) is 0.455. The summed E-state index contributed by atoms with van der Waals surface area (Å²) in [4.78, 5) is 0. The molecule has 1 aromatic rings. The lowest BCUT2D eigenvalue weighted by Crippen LogP contribution is -2.34. The predicted molar refractivity (Wildman–Crippen MR) is 65.6 cm³/mol. The maximum absolute atomic E-state index is 13.5. The molecule has 4 N–H and O–H groups in total. The minimum atomic E-state index is -0.897. The third-order valence-corrected chi connectivity index (χ3v) is 3.00. The highest BCUT2D eigenvalue weighted by atomic mass is 79.9. The average molecular weight is 291 g/mol. The molecule has 0 radical (unpaired) electrons. The number of benzene rings is 1. The molecule has 0 saturated carbocycles. The van der Waals surface area contributed by atoms with Crippen LogP contribution in [0.1, 0.15) is 18.1 Å². The van der Waals surface area contributed by atoms with E-state index in [0.29, 0.717) is 13.0 Å². The Hall–Kier alpha value is -0.490. The summed E-state index contributed by atoms with van der Waals surface area (Å²) < 4.78 is 14.3. The van der Waals surface area contributed by atoms with E-state index >= 15 is 0 Å². The number of hydrogen-bond acceptors (Lipinski definition) is 3. The van der Waals surface area contributed by atoms with Crippen LogP contribution in [-0.4, -0.2) is 24.7 Å². The molecule has 0 fully saturated rings. The standard InChI is InChI=1S/C11H16BrFN2O/c1-15-10(4-5-14)11(16)8-6-7(12)2-3-9(8)13/h2-3,6,10-11,15-16H,4-5,14H2,1H3. The van der Waals surface area contributed by atoms with E-state index in [1.165, 1.54) is 6.07 Å². The molecule has 1 rings (SSSR count). The quantitative estimate of drug-likeness (QED) is 0.771. The number of likely N-dealkylation sites (N-methyl/N-ethyl adjacent to an activating group) is 1. The molecular formula is C11H16BrFN2O. The molecule has 0 aliphatic rings. The van der Waals surface area contributed by atoms with E-state index in [-0.39, 0.29) is 11.6 Å². The first-order valence-corrected chi connectivity index (χ1v) is 5.89. The van der Waals surface area contributed by atoms with Gasteiger partial charge in [0.15, 0.2) is 0 Å². The molecule has 0 saturated heterocycles. The van der Waals surface area contributed by atoms with E-state index in [9.17, 15) is 9.50 Å². The van der Waals surface area contributed by atoms with Gasteiger partial charge in [-0.3, -0.25) is 0 Å². The van der Waals surface area contributed by atoms with Gasteiger partial charge in [0.1, 0.15) is 5.82 Å². The van der Waals surface area contributed by atoms with Crippen LogP contribution in [0.4, 0.5) is 4.39 Å². The number of rotatable bonds is 5. The first-order valence-electron chi connectivity index (χ1n) is 5.10. The summed E-state index contributed by atoms with van der Waals surface area (Å²) >= 11 is 3.25. The molecule has 0 aliphatic heterocycles. The van der Waals surface area contributed by atoms with Crippen LogP contribution >= 0.6 is 15.9 Å². The molecule has 2 unspecified atom stereocenters. The Kier molecular flexibility index (Phi) is 5.34. The lowest BCUT2D eigenvalue weighted by Gasteiger charge is -2.22. The number of nitrogens with one attached hydrogen (secondary N) is 1. The van der Waals surface area contributed by atoms with Crippen LogP contribution in [0.25, 0.3) is 0 Å². The lowest BCUT2D eigenvalue weighted by atomic mass is 9.99. The van der Waals surface area contributed by atoms with Crippen LogP contribution in [-0.2, 0) is 0 Å². The minimum absolute atomic E-state index is 0.242. The molecule has 90 valence electrons. The Morgan fingerprint density at radius 2 is 2.25 bits per heavy atom. The molecule has 1 aromatic carbocycles. The summed E-state index contributed by atoms with van der Waals surface area (Å²) in [5.41, 5.74) is 5.71. The van der Waals surface area contributed by atoms with Gasteiger partial charge in [-0.1, -0.05) is 15.9 Å². The summed E-state index contributed by atoms with van der Waals surface area (Å²) in [6, 6.07) is 4.27. The maximum atomic E-state index is 13.5. The van der Waals surface area contributed by atoms with Crippen molar-refractivity contribution < 1.29 is 9.50 Å². The van der Waals surface area contributed by atoms with Crippen LogP contribution in [0.15, 0.2) is 22.7 Å². The first kappa shape index (κ1) is 13.6. The highest BCUT2D eigenvalue weighted by molar-refractivity contribution is 9.10. The topological polar surface area (TPSA) is 58.3 Å². The van der Waals surface area contributed by atoms with Crippen LogP contribution in [0, 0.1) is 5.82 Å². The van der Waals surface area contributed by atoms with Crippen molar-refractivity contribution in [1.29, 1.82) is 0 Å². The van der Waals surface area contributed by atoms with Gasteiger partial charge in [0.25, 0.3) is 0 Å². The molecule has 3 nitrogen and oxygen atoms in total. The summed E-state index contributed by atoms with van der Waals surface area (Å²) in [5.74, 6) is -0.409. The number of nitrogens with two attached hydrogens (primary N) is 1. The van der Waals surface area contributed by atoms with Crippen molar-refractivity contribution in [2.45, 2.75) is 18.6 Å². The van der Waals surface area contributed by atoms with Gasteiger partial charge in [0.2, 0.25) is 0 Å². The summed E-state index contributed by atoms with van der Waals surface area (Å²) in [7, 11) is 1.72. The minimum Gasteiger partial charge on any atom is -0.387 e. The SMILES string of the molecule is CNC(CCN)C(O)c1cc(Br)ccc1F. The molecule has 16 heavy (non-hydrogen) atoms. The Labute approximate surface area is 103 Å². The van der Waals surface area contributed by atoms with Gasteiger partial charge >= 0.3 is 0 Å². The zero-order valence-electron chi connectivity index (χ0n) is 9.08. The predicted octanol–water partition coefficient (Wildman–Crippen LogP) is 1.56. The normalized spacial score (nSPS) is 14.8. The van der Waals surface area contributed by atoms with Crippen molar-refractivity contribution in [2.24, 2.45) is 5.73 Å². The fourth-order valence-corrected chi connectivity index (χ4v) is 1.98. The second kappa shape index (κ2) is 6.30. The van der Waals surface area contributed by atoms with Gasteiger partial charge in [-0.05, 0) is 38.2 Å². The highest BCUT2D eigenvalue weighted by Gasteiger charge is 2.21. The first-order chi connectivity index (χ1) is 7.60. The zero-order chi connectivity index (χ0) is 12.1. The second-order valence-electron chi connectivity index (χ2n) is 3.58. The number of hydrogen-bond donors (Lipinski definition) is 3. The van der Waals surface area contributed by atoms with Crippen LogP contribution in [0.2, 0.25) is 0 Å². The molecule has 5 heteroatoms. The Morgan fingerprint density at radius 3 is 2.81 bits per heavy atom. The van der Waals surface area contributed by atoms with E-state index < -0.39 is 11.9 Å². The van der Waals surface area contributed by atoms with Crippen molar-refractivity contribution in [3.05, 3.63) is 34.1 Å². The maximum Gasteiger partial charge on any atom is 0.129 e. The highest BCUT2D eigenvalue weighted by Crippen LogP contribution is 2.24. The lowest BCUT2D eigenvalue weighted by molar-refractivity contribution is 0.125. The van der Waals surface area contributed by atoms with Crippen LogP contribution < -0.4 is 11.1 Å². The van der Waals surface area contributed by atoms with E-state index in [1.807, 2.05) is 0 Å². The van der Waals surface area contributed by atoms with Gasteiger partial charge in [-0.2, -0.15) is 0 Å². The molecule has 0 spiro atoms. The van der Waals surface area contributed by atoms with Crippen LogP contribution in [0.3, 0.4) is 0 Å². The van der Waals surface area contributed by atoms with E-state index in [1.54, 1.807) is 19.2 Å². The van der Waals surface area contributed by atoms with E-state index in [0.717, 1.165) is 4.47 Å². The Balaban J connectivity index is 2.93. The fourth-order valence-electron chi connectivity index (χ4n) is 1.60. The molecular weight excluding hydrogens is 275 g/mol. The third-order valence-electron chi connectivity index (χ3n) is 2.51. The summed E-state index contributed by atoms with van der Waals surface area (Å²) in [6.07, 6.45) is -0.310. The van der Waals surface area contributed by atoms with Crippen molar-refractivity contribution in [3.8, 4) is 0 Å². The van der Waals surface area contributed by atoms with Crippen molar-refractivity contribution in [1.82, 2.24) is 5.32 Å². The summed E-state index contributed by atoms with van der Waals surface area (Å²) in [6.45, 7) is 0.443. The van der Waals surface area contributed by atoms with Crippen molar-refractivity contribution >= 4 is 15.9 Å². The largest absolute Gasteiger partial charge is 0.387 e. The van der Waals surface area contributed by atoms with Crippen molar-refractivity contribution in [2.75, 3.05) is 13.6 Å². The number of aliphatic hydroxyl groups excluding tert-OH is 1. The number of aliphatic hydroxyl groups is 1. The van der Waals surface area contributed by atoms with Gasteiger partial charge < -0.3 is 16.2 Å². The number of halogens is 2. The van der Waals surface area contributed by atoms with E-state index in [2.05, 4.69) is 21.2 Å². The second-order valence-corrected chi connectivity index (χ2v) is 4.50. The van der Waals surface area contributed by atoms with Gasteiger partial charge in [0.05, 0.1) is 6.10 Å². The third kappa shape index (κ3) is 3.25. The molecule has 0 amide bonds. The molecule has 0 aliphatic carbocycles. The monoisotopic (exact) mass is 290 g/mol. The van der Waals surface area contributed by atoms with Gasteiger partial charge in [-0.25, -0.2) is 4.39 Å². The molecule has 2 atom stereocenters. The van der Waals surface area contributed by atoms with Crippen LogP contribution in [0.5, 0.6) is 0 Å². The van der Waals surface area contributed by atoms with Crippen molar-refractivity contribution in [3.63, 3.8) is 0 Å². The molecule has 0 aromatic heterocycles. The molecule has 0 bridgehead atoms. The Morgan fingerprint density at radius 1 is 1.56 bits per heavy atom. The van der Waals surface area contributed by atoms with Gasteiger partial charge in [0, 0.05) is 16.1 Å².